The van der Waals surface area contributed by atoms with E-state index in [2.05, 4.69) is 34.7 Å². The van der Waals surface area contributed by atoms with E-state index in [1.807, 2.05) is 24.1 Å². The standard InChI is InChI=1S/C19H28N4O.HI/c1-3-5-15-12-17(15)22-19(20-2)21-13-14-7-9-16(10-8-14)23-11-4-6-18(23)24;/h7-10,15,17H,3-6,11-13H2,1-2H3,(H2,20,21,22);1H. The average Bonchev–Trinajstić information content (AvgIpc) is 3.18. The maximum absolute atomic E-state index is 11.8. The lowest BCUT2D eigenvalue weighted by Crippen LogP contribution is -2.38. The summed E-state index contributed by atoms with van der Waals surface area (Å²) in [5, 5.41) is 6.87. The number of nitrogens with zero attached hydrogens (tertiary/aromatic N) is 2. The predicted octanol–water partition coefficient (Wildman–Crippen LogP) is 3.29. The van der Waals surface area contributed by atoms with Crippen molar-refractivity contribution in [3.63, 3.8) is 0 Å². The maximum atomic E-state index is 11.8. The van der Waals surface area contributed by atoms with Crippen molar-refractivity contribution in [2.24, 2.45) is 10.9 Å². The Hall–Kier alpha value is -1.31. The minimum Gasteiger partial charge on any atom is -0.353 e. The molecule has 5 nitrogen and oxygen atoms in total. The first-order valence-electron chi connectivity index (χ1n) is 9.07. The van der Waals surface area contributed by atoms with Crippen molar-refractivity contribution < 1.29 is 4.79 Å². The molecule has 2 N–H and O–H groups in total. The van der Waals surface area contributed by atoms with Crippen LogP contribution in [-0.2, 0) is 11.3 Å². The molecule has 1 aliphatic heterocycles. The SMILES string of the molecule is CCCC1CC1NC(=NC)NCc1ccc(N2CCCC2=O)cc1.I. The average molecular weight is 456 g/mol. The smallest absolute Gasteiger partial charge is 0.227 e. The van der Waals surface area contributed by atoms with Gasteiger partial charge in [-0.1, -0.05) is 25.5 Å². The molecular formula is C19H29IN4O. The molecule has 25 heavy (non-hydrogen) atoms. The van der Waals surface area contributed by atoms with Crippen LogP contribution in [0.3, 0.4) is 0 Å². The number of nitrogens with one attached hydrogen (secondary N) is 2. The van der Waals surface area contributed by atoms with Crippen molar-refractivity contribution in [1.29, 1.82) is 0 Å². The highest BCUT2D eigenvalue weighted by atomic mass is 127. The van der Waals surface area contributed by atoms with E-state index in [4.69, 9.17) is 0 Å². The summed E-state index contributed by atoms with van der Waals surface area (Å²) in [6, 6.07) is 8.82. The van der Waals surface area contributed by atoms with Crippen LogP contribution in [0.25, 0.3) is 0 Å². The number of anilines is 1. The van der Waals surface area contributed by atoms with Gasteiger partial charge in [0, 0.05) is 38.3 Å². The summed E-state index contributed by atoms with van der Waals surface area (Å²) in [6.07, 6.45) is 5.44. The van der Waals surface area contributed by atoms with Crippen LogP contribution in [0.4, 0.5) is 5.69 Å². The van der Waals surface area contributed by atoms with Gasteiger partial charge in [0.25, 0.3) is 0 Å². The number of halogens is 1. The van der Waals surface area contributed by atoms with E-state index in [1.165, 1.54) is 24.8 Å². The highest BCUT2D eigenvalue weighted by Gasteiger charge is 2.36. The summed E-state index contributed by atoms with van der Waals surface area (Å²) in [5.41, 5.74) is 2.19. The summed E-state index contributed by atoms with van der Waals surface area (Å²) in [4.78, 5) is 18.0. The zero-order valence-electron chi connectivity index (χ0n) is 15.1. The van der Waals surface area contributed by atoms with Gasteiger partial charge < -0.3 is 15.5 Å². The van der Waals surface area contributed by atoms with Crippen molar-refractivity contribution >= 4 is 41.5 Å². The molecular weight excluding hydrogens is 427 g/mol. The maximum Gasteiger partial charge on any atom is 0.227 e. The molecule has 138 valence electrons. The van der Waals surface area contributed by atoms with Gasteiger partial charge in [0.2, 0.25) is 5.91 Å². The molecule has 1 aromatic rings. The fourth-order valence-electron chi connectivity index (χ4n) is 3.39. The van der Waals surface area contributed by atoms with E-state index in [0.29, 0.717) is 12.5 Å². The molecule has 1 saturated heterocycles. The lowest BCUT2D eigenvalue weighted by Gasteiger charge is -2.16. The summed E-state index contributed by atoms with van der Waals surface area (Å²) in [5.74, 6) is 1.92. The van der Waals surface area contributed by atoms with Crippen LogP contribution in [0.2, 0.25) is 0 Å². The lowest BCUT2D eigenvalue weighted by atomic mass is 10.2. The van der Waals surface area contributed by atoms with Gasteiger partial charge in [-0.2, -0.15) is 0 Å². The topological polar surface area (TPSA) is 56.7 Å². The second-order valence-electron chi connectivity index (χ2n) is 6.78. The van der Waals surface area contributed by atoms with Crippen LogP contribution in [0.15, 0.2) is 29.3 Å². The van der Waals surface area contributed by atoms with Gasteiger partial charge in [-0.3, -0.25) is 9.79 Å². The Bertz CT molecular complexity index is 602. The van der Waals surface area contributed by atoms with Crippen molar-refractivity contribution in [3.05, 3.63) is 29.8 Å². The molecule has 0 radical (unpaired) electrons. The van der Waals surface area contributed by atoms with E-state index < -0.39 is 0 Å². The van der Waals surface area contributed by atoms with Crippen LogP contribution in [0.5, 0.6) is 0 Å². The molecule has 1 amide bonds. The molecule has 2 aliphatic rings. The number of aliphatic imine (C=N–C) groups is 1. The fourth-order valence-corrected chi connectivity index (χ4v) is 3.39. The minimum atomic E-state index is 0. The van der Waals surface area contributed by atoms with Gasteiger partial charge in [0.15, 0.2) is 5.96 Å². The number of carbonyl (C=O) groups is 1. The Morgan fingerprint density at radius 3 is 2.68 bits per heavy atom. The summed E-state index contributed by atoms with van der Waals surface area (Å²) in [6.45, 7) is 3.81. The Morgan fingerprint density at radius 1 is 1.32 bits per heavy atom. The van der Waals surface area contributed by atoms with Crippen molar-refractivity contribution in [2.45, 2.75) is 51.6 Å². The molecule has 2 unspecified atom stereocenters. The van der Waals surface area contributed by atoms with Crippen molar-refractivity contribution in [1.82, 2.24) is 10.6 Å². The highest BCUT2D eigenvalue weighted by Crippen LogP contribution is 2.34. The first-order chi connectivity index (χ1) is 11.7. The summed E-state index contributed by atoms with van der Waals surface area (Å²) < 4.78 is 0. The molecule has 0 spiro atoms. The second kappa shape index (κ2) is 9.40. The largest absolute Gasteiger partial charge is 0.353 e. The number of amides is 1. The number of rotatable bonds is 6. The molecule has 1 heterocycles. The summed E-state index contributed by atoms with van der Waals surface area (Å²) >= 11 is 0. The third-order valence-corrected chi connectivity index (χ3v) is 4.91. The van der Waals surface area contributed by atoms with E-state index in [9.17, 15) is 4.79 Å². The van der Waals surface area contributed by atoms with Crippen molar-refractivity contribution in [2.75, 3.05) is 18.5 Å². The molecule has 2 atom stereocenters. The van der Waals surface area contributed by atoms with Gasteiger partial charge in [0.1, 0.15) is 0 Å². The van der Waals surface area contributed by atoms with Gasteiger partial charge in [-0.05, 0) is 42.9 Å². The van der Waals surface area contributed by atoms with Crippen LogP contribution in [-0.4, -0.2) is 31.5 Å². The Balaban J connectivity index is 0.00000225. The molecule has 2 fully saturated rings. The van der Waals surface area contributed by atoms with Gasteiger partial charge in [-0.25, -0.2) is 0 Å². The van der Waals surface area contributed by atoms with Crippen LogP contribution in [0.1, 0.15) is 44.6 Å². The molecule has 1 aliphatic carbocycles. The third-order valence-electron chi connectivity index (χ3n) is 4.91. The molecule has 3 rings (SSSR count). The van der Waals surface area contributed by atoms with Crippen LogP contribution >= 0.6 is 24.0 Å². The molecule has 0 bridgehead atoms. The molecule has 1 aromatic carbocycles. The van der Waals surface area contributed by atoms with Crippen molar-refractivity contribution in [3.8, 4) is 0 Å². The Morgan fingerprint density at radius 2 is 2.08 bits per heavy atom. The van der Waals surface area contributed by atoms with E-state index in [0.717, 1.165) is 37.1 Å². The molecule has 0 aromatic heterocycles. The van der Waals surface area contributed by atoms with Gasteiger partial charge in [-0.15, -0.1) is 24.0 Å². The first-order valence-corrected chi connectivity index (χ1v) is 9.07. The van der Waals surface area contributed by atoms with E-state index in [1.54, 1.807) is 0 Å². The Labute approximate surface area is 167 Å². The zero-order chi connectivity index (χ0) is 16.9. The van der Waals surface area contributed by atoms with E-state index >= 15 is 0 Å². The molecule has 6 heteroatoms. The highest BCUT2D eigenvalue weighted by molar-refractivity contribution is 14.0. The normalized spacial score (nSPS) is 22.6. The summed E-state index contributed by atoms with van der Waals surface area (Å²) in [7, 11) is 1.81. The van der Waals surface area contributed by atoms with Crippen LogP contribution in [0, 0.1) is 5.92 Å². The molecule has 1 saturated carbocycles. The number of carbonyl (C=O) groups excluding carboxylic acids is 1. The van der Waals surface area contributed by atoms with E-state index in [-0.39, 0.29) is 29.9 Å². The van der Waals surface area contributed by atoms with Gasteiger partial charge in [0.05, 0.1) is 0 Å². The number of hydrogen-bond acceptors (Lipinski definition) is 2. The second-order valence-corrected chi connectivity index (χ2v) is 6.78. The quantitative estimate of drug-likeness (QED) is 0.393. The number of benzene rings is 1. The monoisotopic (exact) mass is 456 g/mol. The van der Waals surface area contributed by atoms with Crippen LogP contribution < -0.4 is 15.5 Å². The number of guanidine groups is 1. The third kappa shape index (κ3) is 5.33. The number of hydrogen-bond donors (Lipinski definition) is 2. The first kappa shape index (κ1) is 20.0. The Kier molecular flexibility index (Phi) is 7.53. The zero-order valence-corrected chi connectivity index (χ0v) is 17.5. The lowest BCUT2D eigenvalue weighted by molar-refractivity contribution is -0.117. The predicted molar refractivity (Wildman–Crippen MR) is 114 cm³/mol. The fraction of sp³-hybridized carbons (Fsp3) is 0.579. The van der Waals surface area contributed by atoms with Gasteiger partial charge >= 0.3 is 0 Å². The minimum absolute atomic E-state index is 0.